The minimum Gasteiger partial charge on any atom is -0.306 e. The molecule has 1 aromatic heterocycles. The van der Waals surface area contributed by atoms with E-state index < -0.39 is 23.2 Å². The molecule has 3 aromatic rings. The van der Waals surface area contributed by atoms with E-state index in [1.54, 1.807) is 18.2 Å². The molecule has 3 rings (SSSR count). The third-order valence-corrected chi connectivity index (χ3v) is 4.39. The molecule has 1 heterocycles. The summed E-state index contributed by atoms with van der Waals surface area (Å²) in [6.45, 7) is 0. The van der Waals surface area contributed by atoms with Crippen LogP contribution in [0, 0.1) is 0 Å². The Morgan fingerprint density at radius 2 is 1.78 bits per heavy atom. The first-order chi connectivity index (χ1) is 12.8. The molecule has 138 valence electrons. The number of hydrogen-bond acceptors (Lipinski definition) is 3. The van der Waals surface area contributed by atoms with Crippen molar-refractivity contribution in [1.29, 1.82) is 0 Å². The Kier molecular flexibility index (Phi) is 5.34. The van der Waals surface area contributed by atoms with Crippen molar-refractivity contribution in [3.63, 3.8) is 0 Å². The largest absolute Gasteiger partial charge is 0.417 e. The molecule has 0 aliphatic rings. The summed E-state index contributed by atoms with van der Waals surface area (Å²) in [6.07, 6.45) is -2.07. The number of carbonyl (C=O) groups excluding carboxylic acids is 1. The fourth-order valence-electron chi connectivity index (χ4n) is 2.41. The Morgan fingerprint density at radius 1 is 1.04 bits per heavy atom. The number of hydrogen-bond donors (Lipinski definition) is 1. The fourth-order valence-corrected chi connectivity index (χ4v) is 2.71. The number of alkyl halides is 3. The third-order valence-electron chi connectivity index (χ3n) is 3.65. The number of anilines is 1. The summed E-state index contributed by atoms with van der Waals surface area (Å²) >= 11 is 11.9. The molecule has 0 saturated heterocycles. The van der Waals surface area contributed by atoms with E-state index in [-0.39, 0.29) is 10.8 Å². The Hall–Kier alpha value is -2.64. The minimum absolute atomic E-state index is 0.0466. The second kappa shape index (κ2) is 7.54. The summed E-state index contributed by atoms with van der Waals surface area (Å²) in [4.78, 5) is 20.3. The van der Waals surface area contributed by atoms with E-state index in [1.165, 1.54) is 24.7 Å². The molecular weight excluding hydrogens is 402 g/mol. The van der Waals surface area contributed by atoms with Gasteiger partial charge in [-0.25, -0.2) is 9.97 Å². The van der Waals surface area contributed by atoms with Gasteiger partial charge in [0.15, 0.2) is 0 Å². The zero-order valence-electron chi connectivity index (χ0n) is 13.4. The SMILES string of the molecule is O=C(Nc1ncncc1-c1ccc(Cl)c(Cl)c1)c1ccccc1C(F)(F)F. The van der Waals surface area contributed by atoms with Crippen molar-refractivity contribution in [1.82, 2.24) is 9.97 Å². The lowest BCUT2D eigenvalue weighted by atomic mass is 10.1. The smallest absolute Gasteiger partial charge is 0.306 e. The second-order valence-corrected chi connectivity index (χ2v) is 6.23. The average Bonchev–Trinajstić information content (AvgIpc) is 2.64. The van der Waals surface area contributed by atoms with Crippen molar-refractivity contribution in [2.75, 3.05) is 5.32 Å². The van der Waals surface area contributed by atoms with E-state index >= 15 is 0 Å². The summed E-state index contributed by atoms with van der Waals surface area (Å²) in [6, 6.07) is 9.23. The van der Waals surface area contributed by atoms with Crippen molar-refractivity contribution in [2.24, 2.45) is 0 Å². The van der Waals surface area contributed by atoms with Crippen LogP contribution in [0.4, 0.5) is 19.0 Å². The molecule has 0 aliphatic carbocycles. The number of halogens is 5. The number of rotatable bonds is 3. The lowest BCUT2D eigenvalue weighted by Crippen LogP contribution is -2.19. The highest BCUT2D eigenvalue weighted by Crippen LogP contribution is 2.34. The molecule has 1 amide bonds. The van der Waals surface area contributed by atoms with Crippen LogP contribution in [0.15, 0.2) is 55.0 Å². The topological polar surface area (TPSA) is 54.9 Å². The van der Waals surface area contributed by atoms with Crippen LogP contribution in [-0.2, 0) is 6.18 Å². The van der Waals surface area contributed by atoms with Gasteiger partial charge in [-0.3, -0.25) is 4.79 Å². The zero-order valence-corrected chi connectivity index (χ0v) is 14.9. The van der Waals surface area contributed by atoms with Crippen LogP contribution < -0.4 is 5.32 Å². The van der Waals surface area contributed by atoms with Crippen molar-refractivity contribution in [3.8, 4) is 11.1 Å². The Labute approximate surface area is 162 Å². The third kappa shape index (κ3) is 4.20. The van der Waals surface area contributed by atoms with Gasteiger partial charge in [-0.1, -0.05) is 41.4 Å². The van der Waals surface area contributed by atoms with E-state index in [4.69, 9.17) is 23.2 Å². The predicted octanol–water partition coefficient (Wildman–Crippen LogP) is 5.72. The molecule has 27 heavy (non-hydrogen) atoms. The van der Waals surface area contributed by atoms with Gasteiger partial charge in [0.05, 0.1) is 21.2 Å². The van der Waals surface area contributed by atoms with Crippen LogP contribution in [0.5, 0.6) is 0 Å². The molecule has 0 fully saturated rings. The number of carbonyl (C=O) groups is 1. The molecule has 0 saturated carbocycles. The molecule has 0 radical (unpaired) electrons. The first-order valence-electron chi connectivity index (χ1n) is 7.50. The average molecular weight is 412 g/mol. The van der Waals surface area contributed by atoms with Gasteiger partial charge in [0.1, 0.15) is 12.1 Å². The molecule has 4 nitrogen and oxygen atoms in total. The van der Waals surface area contributed by atoms with E-state index in [0.29, 0.717) is 16.1 Å². The van der Waals surface area contributed by atoms with Crippen molar-refractivity contribution < 1.29 is 18.0 Å². The Balaban J connectivity index is 1.98. The highest BCUT2D eigenvalue weighted by molar-refractivity contribution is 6.42. The summed E-state index contributed by atoms with van der Waals surface area (Å²) in [5, 5.41) is 3.02. The van der Waals surface area contributed by atoms with Crippen LogP contribution in [0.3, 0.4) is 0 Å². The van der Waals surface area contributed by atoms with Gasteiger partial charge in [-0.15, -0.1) is 0 Å². The molecule has 1 N–H and O–H groups in total. The fraction of sp³-hybridized carbons (Fsp3) is 0.0556. The summed E-state index contributed by atoms with van der Waals surface area (Å²) in [5.74, 6) is -0.895. The van der Waals surface area contributed by atoms with Crippen LogP contribution in [-0.4, -0.2) is 15.9 Å². The predicted molar refractivity (Wildman–Crippen MR) is 96.9 cm³/mol. The standard InChI is InChI=1S/C18H10Cl2F3N3O/c19-14-6-5-10(7-15(14)20)12-8-24-9-25-16(12)26-17(27)11-3-1-2-4-13(11)18(21,22)23/h1-9H,(H,24,25,26,27). The molecule has 9 heteroatoms. The lowest BCUT2D eigenvalue weighted by molar-refractivity contribution is -0.137. The van der Waals surface area contributed by atoms with Crippen molar-refractivity contribution in [3.05, 3.63) is 76.2 Å². The minimum atomic E-state index is -4.66. The van der Waals surface area contributed by atoms with Crippen LogP contribution >= 0.6 is 23.2 Å². The number of amides is 1. The monoisotopic (exact) mass is 411 g/mol. The van der Waals surface area contributed by atoms with E-state index in [2.05, 4.69) is 15.3 Å². The summed E-state index contributed by atoms with van der Waals surface area (Å²) in [5.41, 5.74) is -0.616. The second-order valence-electron chi connectivity index (χ2n) is 5.41. The van der Waals surface area contributed by atoms with E-state index in [1.807, 2.05) is 0 Å². The van der Waals surface area contributed by atoms with Gasteiger partial charge >= 0.3 is 6.18 Å². The molecule has 2 aromatic carbocycles. The Bertz CT molecular complexity index is 1010. The molecule has 0 bridgehead atoms. The molecule has 0 unspecified atom stereocenters. The van der Waals surface area contributed by atoms with Gasteiger partial charge in [-0.2, -0.15) is 13.2 Å². The van der Waals surface area contributed by atoms with Gasteiger partial charge in [0.25, 0.3) is 5.91 Å². The zero-order chi connectivity index (χ0) is 19.6. The van der Waals surface area contributed by atoms with Gasteiger partial charge in [0, 0.05) is 11.8 Å². The number of benzene rings is 2. The maximum atomic E-state index is 13.1. The van der Waals surface area contributed by atoms with Crippen molar-refractivity contribution >= 4 is 34.9 Å². The number of nitrogens with zero attached hydrogens (tertiary/aromatic N) is 2. The number of nitrogens with one attached hydrogen (secondary N) is 1. The maximum Gasteiger partial charge on any atom is 0.417 e. The first kappa shape index (κ1) is 19.1. The van der Waals surface area contributed by atoms with Gasteiger partial charge in [0.2, 0.25) is 0 Å². The van der Waals surface area contributed by atoms with Crippen LogP contribution in [0.25, 0.3) is 11.1 Å². The van der Waals surface area contributed by atoms with Gasteiger partial charge in [-0.05, 0) is 29.8 Å². The quantitative estimate of drug-likeness (QED) is 0.599. The highest BCUT2D eigenvalue weighted by atomic mass is 35.5. The van der Waals surface area contributed by atoms with Crippen molar-refractivity contribution in [2.45, 2.75) is 6.18 Å². The molecule has 0 spiro atoms. The van der Waals surface area contributed by atoms with Crippen LogP contribution in [0.2, 0.25) is 10.0 Å². The van der Waals surface area contributed by atoms with E-state index in [0.717, 1.165) is 12.1 Å². The molecule has 0 aliphatic heterocycles. The highest BCUT2D eigenvalue weighted by Gasteiger charge is 2.35. The Morgan fingerprint density at radius 3 is 2.48 bits per heavy atom. The molecular formula is C18H10Cl2F3N3O. The maximum absolute atomic E-state index is 13.1. The summed E-state index contributed by atoms with van der Waals surface area (Å²) in [7, 11) is 0. The normalized spacial score (nSPS) is 11.3. The van der Waals surface area contributed by atoms with Gasteiger partial charge < -0.3 is 5.32 Å². The lowest BCUT2D eigenvalue weighted by Gasteiger charge is -2.14. The molecule has 0 atom stereocenters. The number of aromatic nitrogens is 2. The first-order valence-corrected chi connectivity index (χ1v) is 8.26. The summed E-state index contributed by atoms with van der Waals surface area (Å²) < 4.78 is 39.4. The van der Waals surface area contributed by atoms with Crippen LogP contribution in [0.1, 0.15) is 15.9 Å². The van der Waals surface area contributed by atoms with E-state index in [9.17, 15) is 18.0 Å².